The van der Waals surface area contributed by atoms with Gasteiger partial charge in [0.2, 0.25) is 0 Å². The number of carbonyl (C=O) groups excluding carboxylic acids is 1. The molecule has 1 aliphatic heterocycles. The zero-order valence-corrected chi connectivity index (χ0v) is 17.5. The van der Waals surface area contributed by atoms with Crippen molar-refractivity contribution >= 4 is 22.5 Å². The first-order valence-corrected chi connectivity index (χ1v) is 10.0. The van der Waals surface area contributed by atoms with Crippen LogP contribution in [-0.2, 0) is 18.3 Å². The van der Waals surface area contributed by atoms with E-state index >= 15 is 0 Å². The van der Waals surface area contributed by atoms with Gasteiger partial charge < -0.3 is 14.5 Å². The fourth-order valence-corrected chi connectivity index (χ4v) is 3.83. The van der Waals surface area contributed by atoms with E-state index in [2.05, 4.69) is 15.0 Å². The number of amides is 1. The normalized spacial score (nSPS) is 14.5. The number of fused-ring (bicyclic) bond motifs is 1. The van der Waals surface area contributed by atoms with Crippen molar-refractivity contribution in [1.82, 2.24) is 24.2 Å². The fraction of sp³-hybridized carbons (Fsp3) is 0.429. The standard InChI is InChI=1S/C21H26N6O3/c1-15-12-19(24(2)23-15)21(29)26-8-6-25(7-9-26)16-4-5-17-18(13-16)22-14-27(20(17)28)10-11-30-3/h4-5,12-14H,6-11H2,1-3H3. The van der Waals surface area contributed by atoms with E-state index in [9.17, 15) is 9.59 Å². The van der Waals surface area contributed by atoms with Gasteiger partial charge in [-0.1, -0.05) is 0 Å². The minimum atomic E-state index is -0.0644. The smallest absolute Gasteiger partial charge is 0.272 e. The number of methoxy groups -OCH3 is 1. The summed E-state index contributed by atoms with van der Waals surface area (Å²) in [7, 11) is 3.40. The molecule has 1 fully saturated rings. The van der Waals surface area contributed by atoms with Crippen LogP contribution in [0.25, 0.3) is 10.9 Å². The summed E-state index contributed by atoms with van der Waals surface area (Å²) < 4.78 is 8.25. The number of carbonyl (C=O) groups is 1. The second-order valence-corrected chi connectivity index (χ2v) is 7.51. The highest BCUT2D eigenvalue weighted by molar-refractivity contribution is 5.93. The lowest BCUT2D eigenvalue weighted by atomic mass is 10.2. The Bertz CT molecular complexity index is 1130. The van der Waals surface area contributed by atoms with E-state index < -0.39 is 0 Å². The Labute approximate surface area is 174 Å². The molecule has 0 saturated carbocycles. The second-order valence-electron chi connectivity index (χ2n) is 7.51. The second kappa shape index (κ2) is 8.27. The molecule has 3 heterocycles. The number of benzene rings is 1. The van der Waals surface area contributed by atoms with Crippen LogP contribution in [0.15, 0.2) is 35.4 Å². The average Bonchev–Trinajstić information content (AvgIpc) is 3.10. The monoisotopic (exact) mass is 410 g/mol. The summed E-state index contributed by atoms with van der Waals surface area (Å²) in [6.45, 7) is 5.53. The molecule has 0 N–H and O–H groups in total. The van der Waals surface area contributed by atoms with Crippen molar-refractivity contribution in [1.29, 1.82) is 0 Å². The van der Waals surface area contributed by atoms with Crippen LogP contribution in [0.1, 0.15) is 16.2 Å². The van der Waals surface area contributed by atoms with E-state index in [0.717, 1.165) is 24.5 Å². The molecule has 4 rings (SSSR count). The van der Waals surface area contributed by atoms with Crippen LogP contribution < -0.4 is 10.5 Å². The lowest BCUT2D eigenvalue weighted by Gasteiger charge is -2.36. The van der Waals surface area contributed by atoms with Gasteiger partial charge >= 0.3 is 0 Å². The molecule has 1 aliphatic rings. The molecule has 1 aromatic carbocycles. The van der Waals surface area contributed by atoms with E-state index in [0.29, 0.717) is 42.8 Å². The zero-order valence-electron chi connectivity index (χ0n) is 17.5. The largest absolute Gasteiger partial charge is 0.383 e. The quantitative estimate of drug-likeness (QED) is 0.625. The minimum Gasteiger partial charge on any atom is -0.383 e. The number of rotatable bonds is 5. The SMILES string of the molecule is COCCn1cnc2cc(N3CCN(C(=O)c4cc(C)nn4C)CC3)ccc2c1=O. The van der Waals surface area contributed by atoms with Gasteiger partial charge in [-0.05, 0) is 31.2 Å². The molecule has 0 radical (unpaired) electrons. The first-order valence-electron chi connectivity index (χ1n) is 10.0. The first-order chi connectivity index (χ1) is 14.5. The summed E-state index contributed by atoms with van der Waals surface area (Å²) in [6.07, 6.45) is 1.57. The van der Waals surface area contributed by atoms with E-state index in [1.54, 1.807) is 29.7 Å². The van der Waals surface area contributed by atoms with E-state index in [-0.39, 0.29) is 11.5 Å². The van der Waals surface area contributed by atoms with Gasteiger partial charge in [0.1, 0.15) is 5.69 Å². The molecule has 1 amide bonds. The Hall–Kier alpha value is -3.20. The molecule has 1 saturated heterocycles. The number of piperazine rings is 1. The maximum Gasteiger partial charge on any atom is 0.272 e. The molecule has 158 valence electrons. The van der Waals surface area contributed by atoms with E-state index in [1.165, 1.54) is 0 Å². The third kappa shape index (κ3) is 3.80. The molecular formula is C21H26N6O3. The Balaban J connectivity index is 1.47. The van der Waals surface area contributed by atoms with Crippen molar-refractivity contribution in [3.8, 4) is 0 Å². The number of ether oxygens (including phenoxy) is 1. The van der Waals surface area contributed by atoms with Crippen LogP contribution in [0, 0.1) is 6.92 Å². The van der Waals surface area contributed by atoms with Crippen molar-refractivity contribution in [3.05, 3.63) is 52.3 Å². The van der Waals surface area contributed by atoms with Gasteiger partial charge in [-0.15, -0.1) is 0 Å². The van der Waals surface area contributed by atoms with Crippen LogP contribution >= 0.6 is 0 Å². The summed E-state index contributed by atoms with van der Waals surface area (Å²) in [5, 5.41) is 4.86. The molecule has 3 aromatic rings. The molecule has 0 bridgehead atoms. The maximum absolute atomic E-state index is 12.8. The Morgan fingerprint density at radius 1 is 1.17 bits per heavy atom. The highest BCUT2D eigenvalue weighted by atomic mass is 16.5. The van der Waals surface area contributed by atoms with Crippen molar-refractivity contribution in [2.75, 3.05) is 44.8 Å². The third-order valence-corrected chi connectivity index (χ3v) is 5.50. The number of nitrogens with zero attached hydrogens (tertiary/aromatic N) is 6. The van der Waals surface area contributed by atoms with Crippen LogP contribution in [-0.4, -0.2) is 70.0 Å². The molecule has 0 unspecified atom stereocenters. The molecular weight excluding hydrogens is 384 g/mol. The predicted octanol–water partition coefficient (Wildman–Crippen LogP) is 1.05. The highest BCUT2D eigenvalue weighted by Crippen LogP contribution is 2.21. The van der Waals surface area contributed by atoms with Crippen LogP contribution in [0.2, 0.25) is 0 Å². The molecule has 2 aromatic heterocycles. The van der Waals surface area contributed by atoms with Gasteiger partial charge in [-0.3, -0.25) is 18.8 Å². The summed E-state index contributed by atoms with van der Waals surface area (Å²) in [5.74, 6) is 0.00883. The summed E-state index contributed by atoms with van der Waals surface area (Å²) in [4.78, 5) is 33.9. The van der Waals surface area contributed by atoms with Gasteiger partial charge in [-0.25, -0.2) is 4.98 Å². The topological polar surface area (TPSA) is 85.5 Å². The molecule has 0 atom stereocenters. The van der Waals surface area contributed by atoms with Crippen LogP contribution in [0.3, 0.4) is 0 Å². The van der Waals surface area contributed by atoms with Crippen molar-refractivity contribution in [2.45, 2.75) is 13.5 Å². The number of hydrogen-bond acceptors (Lipinski definition) is 6. The highest BCUT2D eigenvalue weighted by Gasteiger charge is 2.24. The first kappa shape index (κ1) is 20.1. The molecule has 0 aliphatic carbocycles. The van der Waals surface area contributed by atoms with Crippen LogP contribution in [0.5, 0.6) is 0 Å². The Morgan fingerprint density at radius 3 is 2.60 bits per heavy atom. The number of aromatic nitrogens is 4. The number of hydrogen-bond donors (Lipinski definition) is 0. The Morgan fingerprint density at radius 2 is 1.93 bits per heavy atom. The minimum absolute atomic E-state index is 0.00883. The third-order valence-electron chi connectivity index (χ3n) is 5.50. The van der Waals surface area contributed by atoms with E-state index in [1.807, 2.05) is 36.1 Å². The van der Waals surface area contributed by atoms with Gasteiger partial charge in [0, 0.05) is 46.0 Å². The fourth-order valence-electron chi connectivity index (χ4n) is 3.83. The summed E-state index contributed by atoms with van der Waals surface area (Å²) in [6, 6.07) is 7.55. The van der Waals surface area contributed by atoms with Gasteiger partial charge in [0.25, 0.3) is 11.5 Å². The molecule has 9 heteroatoms. The lowest BCUT2D eigenvalue weighted by molar-refractivity contribution is 0.0735. The van der Waals surface area contributed by atoms with Crippen molar-refractivity contribution in [3.63, 3.8) is 0 Å². The van der Waals surface area contributed by atoms with Crippen LogP contribution in [0.4, 0.5) is 5.69 Å². The molecule has 30 heavy (non-hydrogen) atoms. The van der Waals surface area contributed by atoms with E-state index in [4.69, 9.17) is 4.74 Å². The van der Waals surface area contributed by atoms with Gasteiger partial charge in [-0.2, -0.15) is 5.10 Å². The van der Waals surface area contributed by atoms with Crippen molar-refractivity contribution < 1.29 is 9.53 Å². The number of aryl methyl sites for hydroxylation is 2. The molecule has 9 nitrogen and oxygen atoms in total. The van der Waals surface area contributed by atoms with Gasteiger partial charge in [0.15, 0.2) is 0 Å². The maximum atomic E-state index is 12.8. The zero-order chi connectivity index (χ0) is 21.3. The summed E-state index contributed by atoms with van der Waals surface area (Å²) >= 11 is 0. The number of anilines is 1. The lowest BCUT2D eigenvalue weighted by Crippen LogP contribution is -2.49. The van der Waals surface area contributed by atoms with Gasteiger partial charge in [0.05, 0.1) is 36.1 Å². The average molecular weight is 410 g/mol. The van der Waals surface area contributed by atoms with Crippen molar-refractivity contribution in [2.24, 2.45) is 7.05 Å². The predicted molar refractivity (Wildman–Crippen MR) is 114 cm³/mol. The Kier molecular flexibility index (Phi) is 5.54. The molecule has 0 spiro atoms. The summed E-state index contributed by atoms with van der Waals surface area (Å²) in [5.41, 5.74) is 3.07.